The van der Waals surface area contributed by atoms with E-state index in [4.69, 9.17) is 16.3 Å². The van der Waals surface area contributed by atoms with E-state index in [1.807, 2.05) is 24.3 Å². The zero-order valence-electron chi connectivity index (χ0n) is 15.0. The van der Waals surface area contributed by atoms with Crippen LogP contribution in [-0.2, 0) is 0 Å². The summed E-state index contributed by atoms with van der Waals surface area (Å²) in [6, 6.07) is 14.9. The lowest BCUT2D eigenvalue weighted by Gasteiger charge is -2.31. The largest absolute Gasteiger partial charge is 0.497 e. The van der Waals surface area contributed by atoms with Gasteiger partial charge in [0.15, 0.2) is 0 Å². The quantitative estimate of drug-likeness (QED) is 0.768. The molecule has 2 aromatic carbocycles. The van der Waals surface area contributed by atoms with Crippen LogP contribution in [0.25, 0.3) is 0 Å². The average molecular weight is 361 g/mol. The third-order valence-corrected chi connectivity index (χ3v) is 4.67. The molecule has 1 atom stereocenters. The summed E-state index contributed by atoms with van der Waals surface area (Å²) in [5.74, 6) is 0.625. The summed E-state index contributed by atoms with van der Waals surface area (Å²) >= 11 is 6.39. The van der Waals surface area contributed by atoms with Gasteiger partial charge in [-0.05, 0) is 49.0 Å². The highest BCUT2D eigenvalue weighted by molar-refractivity contribution is 6.31. The van der Waals surface area contributed by atoms with E-state index in [-0.39, 0.29) is 11.9 Å². The van der Waals surface area contributed by atoms with E-state index in [0.717, 1.165) is 29.4 Å². The lowest BCUT2D eigenvalue weighted by atomic mass is 10.0. The van der Waals surface area contributed by atoms with Crippen molar-refractivity contribution in [1.29, 1.82) is 0 Å². The molecule has 0 radical (unpaired) electrons. The summed E-state index contributed by atoms with van der Waals surface area (Å²) in [6.45, 7) is 6.48. The topological polar surface area (TPSA) is 41.6 Å². The molecule has 0 aliphatic carbocycles. The summed E-state index contributed by atoms with van der Waals surface area (Å²) in [7, 11) is 1.60. The van der Waals surface area contributed by atoms with Crippen LogP contribution >= 0.6 is 11.6 Å². The van der Waals surface area contributed by atoms with E-state index >= 15 is 0 Å². The highest BCUT2D eigenvalue weighted by Gasteiger charge is 2.21. The molecule has 0 saturated carbocycles. The monoisotopic (exact) mass is 360 g/mol. The Balaban J connectivity index is 2.13. The first kappa shape index (κ1) is 19.3. The summed E-state index contributed by atoms with van der Waals surface area (Å²) in [5, 5.41) is 3.75. The number of nitrogens with one attached hydrogen (secondary N) is 1. The number of amides is 1. The van der Waals surface area contributed by atoms with Crippen molar-refractivity contribution in [2.24, 2.45) is 0 Å². The standard InChI is InChI=1S/C20H25ClN2O2/c1-4-23(5-2)19(17-8-6-7-9-18(17)21)14-22-20(24)15-10-12-16(25-3)13-11-15/h6-13,19H,4-5,14H2,1-3H3,(H,22,24)/t19-/m1/s1. The second-order valence-electron chi connectivity index (χ2n) is 5.70. The van der Waals surface area contributed by atoms with Gasteiger partial charge in [0.05, 0.1) is 13.2 Å². The van der Waals surface area contributed by atoms with Gasteiger partial charge in [-0.3, -0.25) is 9.69 Å². The lowest BCUT2D eigenvalue weighted by Crippen LogP contribution is -2.38. The number of methoxy groups -OCH3 is 1. The number of hydrogen-bond donors (Lipinski definition) is 1. The maximum atomic E-state index is 12.5. The number of ether oxygens (including phenoxy) is 1. The molecule has 25 heavy (non-hydrogen) atoms. The SMILES string of the molecule is CCN(CC)[C@H](CNC(=O)c1ccc(OC)cc1)c1ccccc1Cl. The second-order valence-corrected chi connectivity index (χ2v) is 6.10. The minimum Gasteiger partial charge on any atom is -0.497 e. The van der Waals surface area contributed by atoms with E-state index in [0.29, 0.717) is 12.1 Å². The molecule has 0 spiro atoms. The lowest BCUT2D eigenvalue weighted by molar-refractivity contribution is 0.0935. The Hall–Kier alpha value is -2.04. The van der Waals surface area contributed by atoms with Crippen LogP contribution in [0.1, 0.15) is 35.8 Å². The van der Waals surface area contributed by atoms with Crippen LogP contribution in [-0.4, -0.2) is 37.6 Å². The number of rotatable bonds is 8. The smallest absolute Gasteiger partial charge is 0.251 e. The molecule has 4 nitrogen and oxygen atoms in total. The Morgan fingerprint density at radius 3 is 2.32 bits per heavy atom. The molecule has 0 aliphatic heterocycles. The fourth-order valence-corrected chi connectivity index (χ4v) is 3.14. The molecule has 0 fully saturated rings. The van der Waals surface area contributed by atoms with Crippen LogP contribution in [0.5, 0.6) is 5.75 Å². The molecule has 1 N–H and O–H groups in total. The normalized spacial score (nSPS) is 12.0. The van der Waals surface area contributed by atoms with E-state index in [1.165, 1.54) is 0 Å². The van der Waals surface area contributed by atoms with Gasteiger partial charge < -0.3 is 10.1 Å². The van der Waals surface area contributed by atoms with Crippen molar-refractivity contribution >= 4 is 17.5 Å². The minimum atomic E-state index is -0.105. The summed E-state index contributed by atoms with van der Waals surface area (Å²) in [6.07, 6.45) is 0. The number of carbonyl (C=O) groups excluding carboxylic acids is 1. The van der Waals surface area contributed by atoms with Crippen LogP contribution in [0.2, 0.25) is 5.02 Å². The summed E-state index contributed by atoms with van der Waals surface area (Å²) < 4.78 is 5.13. The molecular formula is C20H25ClN2O2. The maximum Gasteiger partial charge on any atom is 0.251 e. The Bertz CT molecular complexity index is 684. The van der Waals surface area contributed by atoms with Crippen molar-refractivity contribution in [2.75, 3.05) is 26.7 Å². The third-order valence-electron chi connectivity index (χ3n) is 4.33. The number of carbonyl (C=O) groups is 1. The molecular weight excluding hydrogens is 336 g/mol. The number of benzene rings is 2. The van der Waals surface area contributed by atoms with E-state index in [9.17, 15) is 4.79 Å². The van der Waals surface area contributed by atoms with Gasteiger partial charge in [0.25, 0.3) is 5.91 Å². The number of hydrogen-bond acceptors (Lipinski definition) is 3. The average Bonchev–Trinajstić information content (AvgIpc) is 2.65. The number of likely N-dealkylation sites (N-methyl/N-ethyl adjacent to an activating group) is 1. The molecule has 0 saturated heterocycles. The van der Waals surface area contributed by atoms with Crippen LogP contribution in [0.3, 0.4) is 0 Å². The van der Waals surface area contributed by atoms with Gasteiger partial charge in [-0.1, -0.05) is 43.6 Å². The molecule has 2 aromatic rings. The molecule has 134 valence electrons. The second kappa shape index (κ2) is 9.44. The molecule has 5 heteroatoms. The molecule has 0 aliphatic rings. The first-order valence-electron chi connectivity index (χ1n) is 8.51. The maximum absolute atomic E-state index is 12.5. The van der Waals surface area contributed by atoms with Crippen molar-refractivity contribution in [3.05, 3.63) is 64.7 Å². The van der Waals surface area contributed by atoms with Gasteiger partial charge >= 0.3 is 0 Å². The zero-order valence-corrected chi connectivity index (χ0v) is 15.7. The van der Waals surface area contributed by atoms with Crippen LogP contribution in [0.4, 0.5) is 0 Å². The van der Waals surface area contributed by atoms with Crippen molar-refractivity contribution in [3.8, 4) is 5.75 Å². The number of halogens is 1. The van der Waals surface area contributed by atoms with Gasteiger partial charge in [-0.15, -0.1) is 0 Å². The van der Waals surface area contributed by atoms with Crippen LogP contribution in [0.15, 0.2) is 48.5 Å². The third kappa shape index (κ3) is 4.97. The van der Waals surface area contributed by atoms with Gasteiger partial charge in [-0.25, -0.2) is 0 Å². The fraction of sp³-hybridized carbons (Fsp3) is 0.350. The Morgan fingerprint density at radius 1 is 1.12 bits per heavy atom. The van der Waals surface area contributed by atoms with Crippen molar-refractivity contribution in [2.45, 2.75) is 19.9 Å². The molecule has 0 unspecified atom stereocenters. The molecule has 0 aromatic heterocycles. The molecule has 0 bridgehead atoms. The summed E-state index contributed by atoms with van der Waals surface area (Å²) in [4.78, 5) is 14.7. The van der Waals surface area contributed by atoms with E-state index in [2.05, 4.69) is 24.1 Å². The fourth-order valence-electron chi connectivity index (χ4n) is 2.88. The predicted octanol–water partition coefficient (Wildman–Crippen LogP) is 4.16. The van der Waals surface area contributed by atoms with E-state index in [1.54, 1.807) is 31.4 Å². The van der Waals surface area contributed by atoms with E-state index < -0.39 is 0 Å². The molecule has 1 amide bonds. The van der Waals surface area contributed by atoms with Crippen molar-refractivity contribution in [1.82, 2.24) is 10.2 Å². The minimum absolute atomic E-state index is 0.0332. The van der Waals surface area contributed by atoms with Crippen molar-refractivity contribution < 1.29 is 9.53 Å². The first-order valence-corrected chi connectivity index (χ1v) is 8.89. The molecule has 2 rings (SSSR count). The Morgan fingerprint density at radius 2 is 1.76 bits per heavy atom. The summed E-state index contributed by atoms with van der Waals surface area (Å²) in [5.41, 5.74) is 1.64. The zero-order chi connectivity index (χ0) is 18.2. The van der Waals surface area contributed by atoms with Crippen LogP contribution < -0.4 is 10.1 Å². The van der Waals surface area contributed by atoms with Gasteiger partial charge in [0.1, 0.15) is 5.75 Å². The Kier molecular flexibility index (Phi) is 7.29. The number of nitrogens with zero attached hydrogens (tertiary/aromatic N) is 1. The Labute approximate surface area is 154 Å². The highest BCUT2D eigenvalue weighted by atomic mass is 35.5. The van der Waals surface area contributed by atoms with Gasteiger partial charge in [0, 0.05) is 17.1 Å². The van der Waals surface area contributed by atoms with Gasteiger partial charge in [-0.2, -0.15) is 0 Å². The predicted molar refractivity (Wildman–Crippen MR) is 102 cm³/mol. The highest BCUT2D eigenvalue weighted by Crippen LogP contribution is 2.27. The molecule has 0 heterocycles. The first-order chi connectivity index (χ1) is 12.1. The van der Waals surface area contributed by atoms with Crippen molar-refractivity contribution in [3.63, 3.8) is 0 Å². The van der Waals surface area contributed by atoms with Gasteiger partial charge in [0.2, 0.25) is 0 Å². The van der Waals surface area contributed by atoms with Crippen LogP contribution in [0, 0.1) is 0 Å².